The third-order valence-electron chi connectivity index (χ3n) is 3.29. The summed E-state index contributed by atoms with van der Waals surface area (Å²) < 4.78 is 0. The molecule has 114 valence electrons. The first kappa shape index (κ1) is 16.8. The number of hydrogen-bond donors (Lipinski definition) is 1. The normalized spacial score (nSPS) is 10.8. The fourth-order valence-corrected chi connectivity index (χ4v) is 2.64. The molecule has 0 atom stereocenters. The van der Waals surface area contributed by atoms with Crippen molar-refractivity contribution in [2.45, 2.75) is 27.2 Å². The molecule has 0 aliphatic carbocycles. The second-order valence-corrected chi connectivity index (χ2v) is 5.41. The van der Waals surface area contributed by atoms with Gasteiger partial charge in [0.25, 0.3) is 5.91 Å². The van der Waals surface area contributed by atoms with Crippen LogP contribution in [0, 0.1) is 0 Å². The average Bonchev–Trinajstić information content (AvgIpc) is 2.96. The molecule has 0 radical (unpaired) electrons. The molecule has 1 aromatic rings. The summed E-state index contributed by atoms with van der Waals surface area (Å²) in [5.74, 6) is -0.0222. The zero-order chi connectivity index (χ0) is 15.0. The maximum Gasteiger partial charge on any atom is 0.284 e. The Labute approximate surface area is 125 Å². The topological polar surface area (TPSA) is 61.4 Å². The molecule has 0 fully saturated rings. The van der Waals surface area contributed by atoms with Crippen molar-refractivity contribution in [3.8, 4) is 0 Å². The molecule has 7 heteroatoms. The van der Waals surface area contributed by atoms with Gasteiger partial charge >= 0.3 is 0 Å². The van der Waals surface area contributed by atoms with E-state index in [0.29, 0.717) is 16.7 Å². The Morgan fingerprint density at radius 2 is 1.85 bits per heavy atom. The number of nitrogens with zero attached hydrogens (tertiary/aromatic N) is 4. The van der Waals surface area contributed by atoms with Crippen molar-refractivity contribution in [3.05, 3.63) is 5.01 Å². The predicted molar refractivity (Wildman–Crippen MR) is 83.4 cm³/mol. The van der Waals surface area contributed by atoms with Gasteiger partial charge in [-0.25, -0.2) is 0 Å². The lowest BCUT2D eigenvalue weighted by Crippen LogP contribution is -2.34. The fourth-order valence-electron chi connectivity index (χ4n) is 1.97. The van der Waals surface area contributed by atoms with Crippen molar-refractivity contribution >= 4 is 22.4 Å². The van der Waals surface area contributed by atoms with E-state index < -0.39 is 0 Å². The first-order valence-electron chi connectivity index (χ1n) is 7.19. The lowest BCUT2D eigenvalue weighted by molar-refractivity contribution is 0.0756. The van der Waals surface area contributed by atoms with E-state index in [2.05, 4.69) is 34.3 Å². The molecular formula is C13H25N5OS. The van der Waals surface area contributed by atoms with Crippen LogP contribution in [-0.4, -0.2) is 65.7 Å². The van der Waals surface area contributed by atoms with E-state index in [9.17, 15) is 4.79 Å². The van der Waals surface area contributed by atoms with Gasteiger partial charge in [-0.3, -0.25) is 4.79 Å². The van der Waals surface area contributed by atoms with Crippen LogP contribution in [-0.2, 0) is 0 Å². The van der Waals surface area contributed by atoms with E-state index in [4.69, 9.17) is 0 Å². The third-order valence-corrected chi connectivity index (χ3v) is 4.22. The molecule has 1 N–H and O–H groups in total. The highest BCUT2D eigenvalue weighted by molar-refractivity contribution is 7.17. The number of anilines is 1. The van der Waals surface area contributed by atoms with Gasteiger partial charge < -0.3 is 15.1 Å². The number of nitrogens with one attached hydrogen (secondary N) is 1. The highest BCUT2D eigenvalue weighted by Crippen LogP contribution is 2.16. The largest absolute Gasteiger partial charge is 0.363 e. The summed E-state index contributed by atoms with van der Waals surface area (Å²) in [5.41, 5.74) is 0. The number of hydrogen-bond acceptors (Lipinski definition) is 6. The van der Waals surface area contributed by atoms with Crippen LogP contribution in [0.25, 0.3) is 0 Å². The van der Waals surface area contributed by atoms with Crippen molar-refractivity contribution in [1.29, 1.82) is 0 Å². The van der Waals surface area contributed by atoms with Gasteiger partial charge in [0.05, 0.1) is 0 Å². The van der Waals surface area contributed by atoms with E-state index in [1.807, 2.05) is 11.8 Å². The second-order valence-electron chi connectivity index (χ2n) is 4.43. The van der Waals surface area contributed by atoms with Crippen LogP contribution < -0.4 is 5.32 Å². The summed E-state index contributed by atoms with van der Waals surface area (Å²) in [6, 6.07) is 0. The van der Waals surface area contributed by atoms with Gasteiger partial charge in [-0.05, 0) is 33.0 Å². The highest BCUT2D eigenvalue weighted by Gasteiger charge is 2.18. The van der Waals surface area contributed by atoms with Gasteiger partial charge in [0, 0.05) is 20.1 Å². The van der Waals surface area contributed by atoms with Gasteiger partial charge in [0.1, 0.15) is 0 Å². The van der Waals surface area contributed by atoms with E-state index in [0.717, 1.165) is 32.6 Å². The third kappa shape index (κ3) is 4.72. The van der Waals surface area contributed by atoms with Gasteiger partial charge in [0.2, 0.25) is 10.1 Å². The molecule has 1 heterocycles. The van der Waals surface area contributed by atoms with Crippen LogP contribution in [0.4, 0.5) is 5.13 Å². The Kier molecular flexibility index (Phi) is 7.46. The molecule has 0 bridgehead atoms. The predicted octanol–water partition coefficient (Wildman–Crippen LogP) is 1.77. The summed E-state index contributed by atoms with van der Waals surface area (Å²) in [4.78, 5) is 16.5. The monoisotopic (exact) mass is 299 g/mol. The van der Waals surface area contributed by atoms with Gasteiger partial charge in [-0.2, -0.15) is 0 Å². The number of carbonyl (C=O) groups excluding carboxylic acids is 1. The van der Waals surface area contributed by atoms with Crippen molar-refractivity contribution in [2.75, 3.05) is 45.1 Å². The van der Waals surface area contributed by atoms with Crippen molar-refractivity contribution in [1.82, 2.24) is 20.0 Å². The molecule has 1 aromatic heterocycles. The zero-order valence-corrected chi connectivity index (χ0v) is 13.7. The maximum absolute atomic E-state index is 12.3. The van der Waals surface area contributed by atoms with Gasteiger partial charge in [-0.15, -0.1) is 10.2 Å². The summed E-state index contributed by atoms with van der Waals surface area (Å²) in [6.07, 6.45) is 0.985. The molecule has 6 nitrogen and oxygen atoms in total. The number of amides is 1. The highest BCUT2D eigenvalue weighted by atomic mass is 32.1. The van der Waals surface area contributed by atoms with Crippen LogP contribution in [0.15, 0.2) is 0 Å². The molecule has 0 aromatic carbocycles. The van der Waals surface area contributed by atoms with E-state index in [1.165, 1.54) is 11.3 Å². The second kappa shape index (κ2) is 8.86. The van der Waals surface area contributed by atoms with Crippen LogP contribution >= 0.6 is 11.3 Å². The minimum absolute atomic E-state index is 0.0222. The molecule has 0 spiro atoms. The average molecular weight is 299 g/mol. The summed E-state index contributed by atoms with van der Waals surface area (Å²) in [7, 11) is 1.77. The Morgan fingerprint density at radius 3 is 2.35 bits per heavy atom. The molecule has 0 saturated heterocycles. The minimum atomic E-state index is -0.0222. The molecule has 0 aliphatic rings. The lowest BCUT2D eigenvalue weighted by atomic mass is 10.3. The quantitative estimate of drug-likeness (QED) is 0.753. The van der Waals surface area contributed by atoms with Crippen molar-refractivity contribution < 1.29 is 4.79 Å². The fraction of sp³-hybridized carbons (Fsp3) is 0.769. The lowest BCUT2D eigenvalue weighted by Gasteiger charge is -2.22. The minimum Gasteiger partial charge on any atom is -0.363 e. The summed E-state index contributed by atoms with van der Waals surface area (Å²) in [5, 5.41) is 11.9. The van der Waals surface area contributed by atoms with Gasteiger partial charge in [-0.1, -0.05) is 25.2 Å². The standard InChI is InChI=1S/C13H25N5OS/c1-5-17(6-2)9-8-10-18(7-3)12(19)11-15-16-13(14-4)20-11/h5-10H2,1-4H3,(H,14,16). The smallest absolute Gasteiger partial charge is 0.284 e. The number of carbonyl (C=O) groups is 1. The van der Waals surface area contributed by atoms with E-state index in [-0.39, 0.29) is 5.91 Å². The summed E-state index contributed by atoms with van der Waals surface area (Å²) >= 11 is 1.30. The molecule has 1 amide bonds. The molecule has 0 aliphatic heterocycles. The maximum atomic E-state index is 12.3. The Balaban J connectivity index is 2.50. The van der Waals surface area contributed by atoms with E-state index in [1.54, 1.807) is 7.05 Å². The van der Waals surface area contributed by atoms with Crippen LogP contribution in [0.5, 0.6) is 0 Å². The summed E-state index contributed by atoms with van der Waals surface area (Å²) in [6.45, 7) is 10.9. The molecular weight excluding hydrogens is 274 g/mol. The molecule has 20 heavy (non-hydrogen) atoms. The number of rotatable bonds is 9. The van der Waals surface area contributed by atoms with E-state index >= 15 is 0 Å². The van der Waals surface area contributed by atoms with Crippen molar-refractivity contribution in [2.24, 2.45) is 0 Å². The Bertz CT molecular complexity index is 405. The molecule has 0 unspecified atom stereocenters. The van der Waals surface area contributed by atoms with Crippen LogP contribution in [0.2, 0.25) is 0 Å². The first-order valence-corrected chi connectivity index (χ1v) is 8.00. The van der Waals surface area contributed by atoms with Crippen molar-refractivity contribution in [3.63, 3.8) is 0 Å². The molecule has 1 rings (SSSR count). The molecule has 0 saturated carbocycles. The zero-order valence-electron chi connectivity index (χ0n) is 12.8. The van der Waals surface area contributed by atoms with Crippen LogP contribution in [0.3, 0.4) is 0 Å². The first-order chi connectivity index (χ1) is 9.65. The SMILES string of the molecule is CCN(CC)CCCN(CC)C(=O)c1nnc(NC)s1. The Hall–Kier alpha value is -1.21. The Morgan fingerprint density at radius 1 is 1.15 bits per heavy atom. The number of aromatic nitrogens is 2. The van der Waals surface area contributed by atoms with Crippen LogP contribution in [0.1, 0.15) is 37.0 Å². The van der Waals surface area contributed by atoms with Gasteiger partial charge in [0.15, 0.2) is 0 Å².